The monoisotopic (exact) mass is 607 g/mol. The van der Waals surface area contributed by atoms with Crippen LogP contribution in [0.2, 0.25) is 0 Å². The molecule has 3 atom stereocenters. The van der Waals surface area contributed by atoms with Crippen molar-refractivity contribution in [3.05, 3.63) is 71.8 Å². The highest BCUT2D eigenvalue weighted by molar-refractivity contribution is 5.96. The summed E-state index contributed by atoms with van der Waals surface area (Å²) in [6.07, 6.45) is 1.07. The van der Waals surface area contributed by atoms with Crippen molar-refractivity contribution >= 4 is 29.4 Å². The van der Waals surface area contributed by atoms with Crippen molar-refractivity contribution in [2.45, 2.75) is 43.9 Å². The second kappa shape index (κ2) is 16.1. The molecule has 4 N–H and O–H groups in total. The van der Waals surface area contributed by atoms with Crippen molar-refractivity contribution in [2.75, 3.05) is 52.5 Å². The van der Waals surface area contributed by atoms with Crippen LogP contribution in [0.3, 0.4) is 0 Å². The van der Waals surface area contributed by atoms with Gasteiger partial charge in [0.2, 0.25) is 23.6 Å². The van der Waals surface area contributed by atoms with Crippen LogP contribution in [0.4, 0.5) is 0 Å². The largest absolute Gasteiger partial charge is 0.379 e. The van der Waals surface area contributed by atoms with E-state index in [1.165, 1.54) is 0 Å². The van der Waals surface area contributed by atoms with Gasteiger partial charge >= 0.3 is 0 Å². The summed E-state index contributed by atoms with van der Waals surface area (Å²) in [6.45, 7) is 3.85. The van der Waals surface area contributed by atoms with Gasteiger partial charge in [0.1, 0.15) is 17.7 Å². The Bertz CT molecular complexity index is 1280. The lowest BCUT2D eigenvalue weighted by Crippen LogP contribution is -2.54. The molecule has 0 unspecified atom stereocenters. The van der Waals surface area contributed by atoms with Crippen LogP contribution in [-0.4, -0.2) is 105 Å². The Balaban J connectivity index is 1.33. The number of morpholine rings is 1. The normalized spacial score (nSPS) is 19.2. The fourth-order valence-corrected chi connectivity index (χ4v) is 4.77. The van der Waals surface area contributed by atoms with Gasteiger partial charge in [-0.15, -0.1) is 0 Å². The molecular weight excluding hydrogens is 566 g/mol. The molecule has 2 aromatic rings. The maximum atomic E-state index is 13.2. The number of carbonyl (C=O) groups excluding carboxylic acids is 5. The van der Waals surface area contributed by atoms with Crippen molar-refractivity contribution in [3.63, 3.8) is 0 Å². The molecule has 0 radical (unpaired) electrons. The van der Waals surface area contributed by atoms with Crippen LogP contribution in [0.15, 0.2) is 60.7 Å². The number of nitrogens with one attached hydrogen (secondary N) is 4. The number of epoxide rings is 1. The van der Waals surface area contributed by atoms with E-state index in [1.807, 2.05) is 65.6 Å². The fourth-order valence-electron chi connectivity index (χ4n) is 4.77. The molecule has 0 spiro atoms. The van der Waals surface area contributed by atoms with Gasteiger partial charge in [0.05, 0.1) is 39.5 Å². The molecule has 4 amide bonds. The molecule has 2 saturated heterocycles. The van der Waals surface area contributed by atoms with Crippen LogP contribution in [-0.2, 0) is 46.3 Å². The van der Waals surface area contributed by atoms with E-state index in [9.17, 15) is 24.0 Å². The minimum atomic E-state index is -0.982. The number of hydrogen-bond acceptors (Lipinski definition) is 8. The predicted octanol–water partition coefficient (Wildman–Crippen LogP) is -0.246. The summed E-state index contributed by atoms with van der Waals surface area (Å²) in [5, 5.41) is 10.7. The second-order valence-corrected chi connectivity index (χ2v) is 11.2. The van der Waals surface area contributed by atoms with Gasteiger partial charge in [0, 0.05) is 19.5 Å². The molecule has 44 heavy (non-hydrogen) atoms. The van der Waals surface area contributed by atoms with Gasteiger partial charge in [-0.2, -0.15) is 0 Å². The van der Waals surface area contributed by atoms with E-state index in [0.29, 0.717) is 45.8 Å². The van der Waals surface area contributed by atoms with Crippen LogP contribution < -0.4 is 21.3 Å². The molecule has 2 aromatic carbocycles. The van der Waals surface area contributed by atoms with Crippen LogP contribution in [0.25, 0.3) is 0 Å². The molecule has 2 fully saturated rings. The van der Waals surface area contributed by atoms with Crippen molar-refractivity contribution < 1.29 is 33.4 Å². The highest BCUT2D eigenvalue weighted by atomic mass is 16.6. The van der Waals surface area contributed by atoms with Gasteiger partial charge in [0.25, 0.3) is 0 Å². The molecule has 4 rings (SSSR count). The quantitative estimate of drug-likeness (QED) is 0.190. The van der Waals surface area contributed by atoms with Crippen LogP contribution >= 0.6 is 0 Å². The predicted molar refractivity (Wildman–Crippen MR) is 161 cm³/mol. The first-order valence-electron chi connectivity index (χ1n) is 14.9. The third-order valence-corrected chi connectivity index (χ3v) is 7.64. The van der Waals surface area contributed by atoms with Gasteiger partial charge in [0.15, 0.2) is 5.78 Å². The van der Waals surface area contributed by atoms with E-state index in [1.54, 1.807) is 6.92 Å². The molecule has 12 nitrogen and oxygen atoms in total. The number of nitrogens with zero attached hydrogens (tertiary/aromatic N) is 1. The number of amides is 4. The van der Waals surface area contributed by atoms with Gasteiger partial charge in [-0.3, -0.25) is 28.9 Å². The zero-order chi connectivity index (χ0) is 31.4. The summed E-state index contributed by atoms with van der Waals surface area (Å²) in [7, 11) is 0. The summed E-state index contributed by atoms with van der Waals surface area (Å²) in [5.74, 6) is -2.15. The van der Waals surface area contributed by atoms with Crippen LogP contribution in [0.5, 0.6) is 0 Å². The van der Waals surface area contributed by atoms with Gasteiger partial charge in [-0.05, 0) is 30.9 Å². The van der Waals surface area contributed by atoms with Crippen LogP contribution in [0.1, 0.15) is 24.5 Å². The van der Waals surface area contributed by atoms with E-state index in [2.05, 4.69) is 21.3 Å². The van der Waals surface area contributed by atoms with Gasteiger partial charge in [-0.1, -0.05) is 60.7 Å². The average molecular weight is 608 g/mol. The van der Waals surface area contributed by atoms with E-state index in [0.717, 1.165) is 11.1 Å². The lowest BCUT2D eigenvalue weighted by atomic mass is 10.0. The van der Waals surface area contributed by atoms with E-state index < -0.39 is 42.0 Å². The smallest absolute Gasteiger partial charge is 0.243 e. The average Bonchev–Trinajstić information content (AvgIpc) is 3.80. The molecule has 0 bridgehead atoms. The Morgan fingerprint density at radius 1 is 0.795 bits per heavy atom. The van der Waals surface area contributed by atoms with Crippen molar-refractivity contribution in [1.82, 2.24) is 26.2 Å². The highest BCUT2D eigenvalue weighted by Crippen LogP contribution is 2.26. The molecule has 0 aliphatic carbocycles. The topological polar surface area (TPSA) is 158 Å². The molecule has 12 heteroatoms. The third-order valence-electron chi connectivity index (χ3n) is 7.64. The van der Waals surface area contributed by atoms with Crippen molar-refractivity contribution in [2.24, 2.45) is 0 Å². The SMILES string of the molecule is C[C@]1(C(=O)CNC(=O)[C@H](Cc2ccccc2)NC(=O)CNC(=O)[C@H](CCc2ccccc2)NC(=O)CN2CCOCC2)CO1. The zero-order valence-corrected chi connectivity index (χ0v) is 25.0. The lowest BCUT2D eigenvalue weighted by Gasteiger charge is -2.27. The number of Topliss-reactive ketones (excluding diaryl/α,β-unsaturated/α-hetero) is 1. The molecule has 2 aliphatic rings. The standard InChI is InChI=1S/C32H41N5O7/c1-32(22-44-32)27(38)19-33-31(42)26(18-24-10-6-3-7-11-24)36-28(39)20-34-30(41)25(13-12-23-8-4-2-5-9-23)35-29(40)21-37-14-16-43-17-15-37/h2-11,25-26H,12-22H2,1H3,(H,33,42)(H,34,41)(H,35,40)(H,36,39)/t25-,26-,32+/m0/s1. The van der Waals surface area contributed by atoms with Crippen molar-refractivity contribution in [3.8, 4) is 0 Å². The van der Waals surface area contributed by atoms with Crippen LogP contribution in [0, 0.1) is 0 Å². The minimum Gasteiger partial charge on any atom is -0.379 e. The Kier molecular flexibility index (Phi) is 12.0. The summed E-state index contributed by atoms with van der Waals surface area (Å²) < 4.78 is 10.5. The number of rotatable bonds is 16. The Morgan fingerprint density at radius 2 is 1.36 bits per heavy atom. The first-order valence-corrected chi connectivity index (χ1v) is 14.9. The number of ketones is 1. The third kappa shape index (κ3) is 10.5. The number of carbonyl (C=O) groups is 5. The fraction of sp³-hybridized carbons (Fsp3) is 0.469. The molecule has 236 valence electrons. The summed E-state index contributed by atoms with van der Waals surface area (Å²) >= 11 is 0. The number of aryl methyl sites for hydroxylation is 1. The minimum absolute atomic E-state index is 0.142. The highest BCUT2D eigenvalue weighted by Gasteiger charge is 2.46. The maximum Gasteiger partial charge on any atom is 0.243 e. The van der Waals surface area contributed by atoms with E-state index in [4.69, 9.17) is 9.47 Å². The molecular formula is C32H41N5O7. The molecule has 2 aliphatic heterocycles. The lowest BCUT2D eigenvalue weighted by molar-refractivity contribution is -0.132. The number of ether oxygens (including phenoxy) is 2. The summed E-state index contributed by atoms with van der Waals surface area (Å²) in [5.41, 5.74) is 0.954. The first kappa shape index (κ1) is 32.8. The Labute approximate surface area is 257 Å². The molecule has 0 saturated carbocycles. The van der Waals surface area contributed by atoms with Gasteiger partial charge in [-0.25, -0.2) is 0 Å². The summed E-state index contributed by atoms with van der Waals surface area (Å²) in [4.78, 5) is 66.3. The Morgan fingerprint density at radius 3 is 2.00 bits per heavy atom. The van der Waals surface area contributed by atoms with E-state index in [-0.39, 0.29) is 31.2 Å². The Hall–Kier alpha value is -4.13. The number of hydrogen-bond donors (Lipinski definition) is 4. The second-order valence-electron chi connectivity index (χ2n) is 11.2. The molecule has 0 aromatic heterocycles. The first-order chi connectivity index (χ1) is 21.2. The molecule has 2 heterocycles. The summed E-state index contributed by atoms with van der Waals surface area (Å²) in [6, 6.07) is 16.9. The van der Waals surface area contributed by atoms with E-state index >= 15 is 0 Å². The zero-order valence-electron chi connectivity index (χ0n) is 25.0. The maximum absolute atomic E-state index is 13.2. The number of benzene rings is 2. The van der Waals surface area contributed by atoms with Gasteiger partial charge < -0.3 is 30.7 Å². The van der Waals surface area contributed by atoms with Crippen molar-refractivity contribution in [1.29, 1.82) is 0 Å².